The number of nitriles is 1. The molecule has 1 aromatic heterocycles. The fourth-order valence-electron chi connectivity index (χ4n) is 8.29. The van der Waals surface area contributed by atoms with Crippen molar-refractivity contribution in [3.8, 4) is 12.1 Å². The first-order valence-electron chi connectivity index (χ1n) is 17.2. The molecule has 10 heteroatoms. The van der Waals surface area contributed by atoms with E-state index in [1.807, 2.05) is 30.3 Å². The molecule has 246 valence electrons. The summed E-state index contributed by atoms with van der Waals surface area (Å²) in [7, 11) is 0. The van der Waals surface area contributed by atoms with Crippen molar-refractivity contribution >= 4 is 28.4 Å². The number of amides is 1. The van der Waals surface area contributed by atoms with Gasteiger partial charge in [0.15, 0.2) is 0 Å². The van der Waals surface area contributed by atoms with Gasteiger partial charge in [-0.15, -0.1) is 0 Å². The first kappa shape index (κ1) is 30.5. The number of hydrogen-bond donors (Lipinski definition) is 2. The van der Waals surface area contributed by atoms with Crippen LogP contribution in [0.3, 0.4) is 0 Å². The molecular weight excluding hydrogens is 602 g/mol. The SMILES string of the molecule is N#CC[C@@]1(Cc2ccccc2)CN(c2nc(OC3([C@@H]4CCCN4)CC3)nc3c2CCN(c2cccc4ccccc24)C3)CCN1C(=O)O. The van der Waals surface area contributed by atoms with Gasteiger partial charge in [-0.3, -0.25) is 4.90 Å². The molecule has 48 heavy (non-hydrogen) atoms. The number of benzene rings is 3. The number of carboxylic acid groups (broad SMARTS) is 1. The van der Waals surface area contributed by atoms with Crippen molar-refractivity contribution in [2.45, 2.75) is 68.7 Å². The maximum atomic E-state index is 12.7. The highest BCUT2D eigenvalue weighted by atomic mass is 16.5. The van der Waals surface area contributed by atoms with E-state index in [9.17, 15) is 15.2 Å². The molecule has 4 heterocycles. The standard InChI is InChI=1S/C38H41N7O3/c39-19-18-37(24-27-8-2-1-3-9-27)26-44(22-23-45(37)36(46)47)34-30-15-21-43(32-13-6-11-28-10-4-5-12-29(28)32)25-31(30)41-35(42-34)48-38(16-17-38)33-14-7-20-40-33/h1-6,8-13,33,40H,7,14-18,20-26H2,(H,46,47)/t33-,37+/m0/s1. The van der Waals surface area contributed by atoms with Crippen LogP contribution in [-0.4, -0.2) is 76.0 Å². The summed E-state index contributed by atoms with van der Waals surface area (Å²) in [5.74, 6) is 0.808. The predicted octanol–water partition coefficient (Wildman–Crippen LogP) is 5.55. The Morgan fingerprint density at radius 2 is 1.81 bits per heavy atom. The number of nitrogens with one attached hydrogen (secondary N) is 1. The Labute approximate surface area is 281 Å². The van der Waals surface area contributed by atoms with Gasteiger partial charge in [-0.25, -0.2) is 4.79 Å². The van der Waals surface area contributed by atoms with Crippen molar-refractivity contribution in [2.24, 2.45) is 0 Å². The zero-order valence-electron chi connectivity index (χ0n) is 27.1. The van der Waals surface area contributed by atoms with Gasteiger partial charge in [0.05, 0.1) is 30.3 Å². The lowest BCUT2D eigenvalue weighted by molar-refractivity contribution is 0.0667. The van der Waals surface area contributed by atoms with Crippen LogP contribution in [0.2, 0.25) is 0 Å². The molecule has 0 bridgehead atoms. The lowest BCUT2D eigenvalue weighted by atomic mass is 9.83. The second kappa shape index (κ2) is 12.3. The van der Waals surface area contributed by atoms with Gasteiger partial charge in [0.2, 0.25) is 0 Å². The van der Waals surface area contributed by atoms with Gasteiger partial charge in [0, 0.05) is 48.9 Å². The number of fused-ring (bicyclic) bond motifs is 2. The molecule has 3 aromatic carbocycles. The van der Waals surface area contributed by atoms with Crippen molar-refractivity contribution in [1.82, 2.24) is 20.2 Å². The molecule has 10 nitrogen and oxygen atoms in total. The number of piperazine rings is 1. The Bertz CT molecular complexity index is 1860. The molecule has 3 aliphatic heterocycles. The third kappa shape index (κ3) is 5.56. The zero-order valence-corrected chi connectivity index (χ0v) is 27.1. The Kier molecular flexibility index (Phi) is 7.80. The Morgan fingerprint density at radius 1 is 1.00 bits per heavy atom. The average Bonchev–Trinajstić information content (AvgIpc) is 3.65. The molecule has 0 unspecified atom stereocenters. The van der Waals surface area contributed by atoms with E-state index in [0.29, 0.717) is 38.1 Å². The van der Waals surface area contributed by atoms with Gasteiger partial charge < -0.3 is 25.0 Å². The fourth-order valence-corrected chi connectivity index (χ4v) is 8.29. The van der Waals surface area contributed by atoms with Crippen molar-refractivity contribution in [3.63, 3.8) is 0 Å². The Morgan fingerprint density at radius 3 is 2.58 bits per heavy atom. The van der Waals surface area contributed by atoms with E-state index in [1.165, 1.54) is 21.4 Å². The Balaban J connectivity index is 1.18. The highest BCUT2D eigenvalue weighted by molar-refractivity contribution is 5.94. The van der Waals surface area contributed by atoms with Crippen LogP contribution in [0.4, 0.5) is 16.3 Å². The van der Waals surface area contributed by atoms with Crippen LogP contribution in [-0.2, 0) is 19.4 Å². The summed E-state index contributed by atoms with van der Waals surface area (Å²) in [6.07, 6.45) is 4.43. The molecule has 1 aliphatic carbocycles. The third-order valence-corrected chi connectivity index (χ3v) is 10.8. The molecule has 2 saturated heterocycles. The van der Waals surface area contributed by atoms with E-state index < -0.39 is 11.6 Å². The summed E-state index contributed by atoms with van der Waals surface area (Å²) in [6.45, 7) is 3.52. The van der Waals surface area contributed by atoms with Gasteiger partial charge in [-0.05, 0) is 62.1 Å². The minimum Gasteiger partial charge on any atom is -0.465 e. The molecule has 4 aromatic rings. The Hall–Kier alpha value is -4.88. The normalized spacial score (nSPS) is 23.1. The van der Waals surface area contributed by atoms with E-state index >= 15 is 0 Å². The van der Waals surface area contributed by atoms with Crippen LogP contribution < -0.4 is 19.9 Å². The molecule has 2 N–H and O–H groups in total. The summed E-state index contributed by atoms with van der Waals surface area (Å²) < 4.78 is 6.77. The van der Waals surface area contributed by atoms with E-state index in [0.717, 1.165) is 67.8 Å². The molecular formula is C38H41N7O3. The van der Waals surface area contributed by atoms with Crippen LogP contribution >= 0.6 is 0 Å². The molecule has 0 spiro atoms. The molecule has 1 saturated carbocycles. The summed E-state index contributed by atoms with van der Waals surface area (Å²) >= 11 is 0. The highest BCUT2D eigenvalue weighted by Gasteiger charge is 2.54. The maximum Gasteiger partial charge on any atom is 0.407 e. The quantitative estimate of drug-likeness (QED) is 0.255. The smallest absolute Gasteiger partial charge is 0.407 e. The lowest BCUT2D eigenvalue weighted by Gasteiger charge is -2.49. The van der Waals surface area contributed by atoms with Crippen molar-refractivity contribution < 1.29 is 14.6 Å². The van der Waals surface area contributed by atoms with Gasteiger partial charge in [-0.2, -0.15) is 15.2 Å². The van der Waals surface area contributed by atoms with Crippen LogP contribution in [0, 0.1) is 11.3 Å². The lowest BCUT2D eigenvalue weighted by Crippen LogP contribution is -2.65. The number of nitrogens with zero attached hydrogens (tertiary/aromatic N) is 6. The molecule has 4 aliphatic rings. The minimum absolute atomic E-state index is 0.0760. The summed E-state index contributed by atoms with van der Waals surface area (Å²) in [6, 6.07) is 27.8. The van der Waals surface area contributed by atoms with Crippen LogP contribution in [0.25, 0.3) is 10.8 Å². The minimum atomic E-state index is -1.000. The van der Waals surface area contributed by atoms with E-state index in [4.69, 9.17) is 14.7 Å². The number of rotatable bonds is 8. The topological polar surface area (TPSA) is 118 Å². The predicted molar refractivity (Wildman–Crippen MR) is 184 cm³/mol. The number of anilines is 2. The van der Waals surface area contributed by atoms with Gasteiger partial charge in [0.25, 0.3) is 0 Å². The number of hydrogen-bond acceptors (Lipinski definition) is 8. The van der Waals surface area contributed by atoms with E-state index in [2.05, 4.69) is 63.7 Å². The number of aromatic nitrogens is 2. The zero-order chi connectivity index (χ0) is 32.7. The fraction of sp³-hybridized carbons (Fsp3) is 0.421. The third-order valence-electron chi connectivity index (χ3n) is 10.8. The monoisotopic (exact) mass is 643 g/mol. The first-order chi connectivity index (χ1) is 23.5. The average molecular weight is 644 g/mol. The van der Waals surface area contributed by atoms with Gasteiger partial charge in [-0.1, -0.05) is 66.7 Å². The van der Waals surface area contributed by atoms with Gasteiger partial charge in [0.1, 0.15) is 11.4 Å². The maximum absolute atomic E-state index is 12.7. The van der Waals surface area contributed by atoms with Crippen LogP contribution in [0.15, 0.2) is 72.8 Å². The summed E-state index contributed by atoms with van der Waals surface area (Å²) in [5.41, 5.74) is 2.98. The molecule has 2 atom stereocenters. The van der Waals surface area contributed by atoms with E-state index in [1.54, 1.807) is 0 Å². The number of carbonyl (C=O) groups is 1. The summed E-state index contributed by atoms with van der Waals surface area (Å²) in [5, 5.41) is 26.5. The molecule has 8 rings (SSSR count). The second-order valence-electron chi connectivity index (χ2n) is 13.8. The van der Waals surface area contributed by atoms with Crippen LogP contribution in [0.5, 0.6) is 6.01 Å². The van der Waals surface area contributed by atoms with Gasteiger partial charge >= 0.3 is 12.1 Å². The largest absolute Gasteiger partial charge is 0.465 e. The van der Waals surface area contributed by atoms with E-state index in [-0.39, 0.29) is 18.6 Å². The highest BCUT2D eigenvalue weighted by Crippen LogP contribution is 2.46. The summed E-state index contributed by atoms with van der Waals surface area (Å²) in [4.78, 5) is 29.0. The number of ether oxygens (including phenoxy) is 1. The first-order valence-corrected chi connectivity index (χ1v) is 17.2. The second-order valence-corrected chi connectivity index (χ2v) is 13.8. The van der Waals surface area contributed by atoms with Crippen LogP contribution in [0.1, 0.15) is 48.9 Å². The van der Waals surface area contributed by atoms with Crippen molar-refractivity contribution in [1.29, 1.82) is 5.26 Å². The molecule has 0 radical (unpaired) electrons. The van der Waals surface area contributed by atoms with Crippen molar-refractivity contribution in [2.75, 3.05) is 42.5 Å². The van der Waals surface area contributed by atoms with Crippen molar-refractivity contribution in [3.05, 3.63) is 89.6 Å². The molecule has 3 fully saturated rings. The molecule has 1 amide bonds.